The lowest BCUT2D eigenvalue weighted by Gasteiger charge is -2.12. The summed E-state index contributed by atoms with van der Waals surface area (Å²) in [5.74, 6) is 0.308. The topological polar surface area (TPSA) is 66.1 Å². The molecule has 3 aromatic rings. The summed E-state index contributed by atoms with van der Waals surface area (Å²) in [7, 11) is 1.67. The highest BCUT2D eigenvalue weighted by Gasteiger charge is 2.29. The standard InChI is InChI=1S/C22H25N3O3S/c1-14-12-18(15(2)24(14)10-11-28-3)20(26)13-29-22-23-19-7-5-4-6-17(19)21(27)25(22)16-8-9-16/h4-7,12,16H,8-11,13H2,1-3H3. The zero-order valence-corrected chi connectivity index (χ0v) is 17.8. The molecule has 0 N–H and O–H groups in total. The highest BCUT2D eigenvalue weighted by atomic mass is 32.2. The van der Waals surface area contributed by atoms with Crippen molar-refractivity contribution >= 4 is 28.4 Å². The van der Waals surface area contributed by atoms with Gasteiger partial charge in [0.15, 0.2) is 10.9 Å². The zero-order chi connectivity index (χ0) is 20.5. The molecule has 2 heterocycles. The molecule has 0 aliphatic heterocycles. The van der Waals surface area contributed by atoms with E-state index in [-0.39, 0.29) is 23.1 Å². The van der Waals surface area contributed by atoms with E-state index in [0.717, 1.165) is 36.3 Å². The first-order valence-corrected chi connectivity index (χ1v) is 10.8. The maximum atomic E-state index is 13.0. The third-order valence-corrected chi connectivity index (χ3v) is 6.37. The fourth-order valence-electron chi connectivity index (χ4n) is 3.70. The summed E-state index contributed by atoms with van der Waals surface area (Å²) >= 11 is 1.36. The number of carbonyl (C=O) groups is 1. The van der Waals surface area contributed by atoms with E-state index in [0.29, 0.717) is 22.7 Å². The van der Waals surface area contributed by atoms with Gasteiger partial charge in [0.2, 0.25) is 0 Å². The molecule has 0 unspecified atom stereocenters. The molecule has 0 radical (unpaired) electrons. The van der Waals surface area contributed by atoms with E-state index in [1.807, 2.05) is 44.2 Å². The van der Waals surface area contributed by atoms with Gasteiger partial charge in [-0.25, -0.2) is 4.98 Å². The Bertz CT molecular complexity index is 1130. The van der Waals surface area contributed by atoms with Crippen LogP contribution >= 0.6 is 11.8 Å². The van der Waals surface area contributed by atoms with E-state index < -0.39 is 0 Å². The molecule has 152 valence electrons. The lowest BCUT2D eigenvalue weighted by Crippen LogP contribution is -2.22. The van der Waals surface area contributed by atoms with Gasteiger partial charge in [-0.05, 0) is 44.9 Å². The van der Waals surface area contributed by atoms with Gasteiger partial charge in [0.1, 0.15) is 0 Å². The van der Waals surface area contributed by atoms with Crippen molar-refractivity contribution in [1.29, 1.82) is 0 Å². The van der Waals surface area contributed by atoms with E-state index in [9.17, 15) is 9.59 Å². The van der Waals surface area contributed by atoms with E-state index in [4.69, 9.17) is 9.72 Å². The zero-order valence-electron chi connectivity index (χ0n) is 17.0. The number of nitrogens with zero attached hydrogens (tertiary/aromatic N) is 3. The molecule has 1 aromatic carbocycles. The van der Waals surface area contributed by atoms with Crippen molar-refractivity contribution in [2.75, 3.05) is 19.5 Å². The molecular weight excluding hydrogens is 386 g/mol. The Morgan fingerprint density at radius 1 is 1.28 bits per heavy atom. The van der Waals surface area contributed by atoms with E-state index >= 15 is 0 Å². The number of Topliss-reactive ketones (excluding diaryl/α,β-unsaturated/α-hetero) is 1. The Morgan fingerprint density at radius 2 is 2.03 bits per heavy atom. The number of rotatable bonds is 8. The number of thioether (sulfide) groups is 1. The van der Waals surface area contributed by atoms with Crippen LogP contribution in [0.3, 0.4) is 0 Å². The highest BCUT2D eigenvalue weighted by molar-refractivity contribution is 7.99. The number of aryl methyl sites for hydroxylation is 1. The summed E-state index contributed by atoms with van der Waals surface area (Å²) in [4.78, 5) is 30.6. The first-order chi connectivity index (χ1) is 14.0. The molecule has 1 saturated carbocycles. The molecule has 0 spiro atoms. The Balaban J connectivity index is 1.60. The van der Waals surface area contributed by atoms with Gasteiger partial charge in [-0.2, -0.15) is 0 Å². The molecule has 6 nitrogen and oxygen atoms in total. The third-order valence-electron chi connectivity index (χ3n) is 5.41. The molecule has 7 heteroatoms. The molecule has 0 bridgehead atoms. The molecule has 0 atom stereocenters. The largest absolute Gasteiger partial charge is 0.383 e. The minimum atomic E-state index is -0.00853. The minimum absolute atomic E-state index is 0.00853. The number of ether oxygens (including phenoxy) is 1. The summed E-state index contributed by atoms with van der Waals surface area (Å²) in [6, 6.07) is 9.55. The fraction of sp³-hybridized carbons (Fsp3) is 0.409. The number of benzene rings is 1. The van der Waals surface area contributed by atoms with E-state index in [2.05, 4.69) is 4.57 Å². The Labute approximate surface area is 173 Å². The number of methoxy groups -OCH3 is 1. The number of hydrogen-bond donors (Lipinski definition) is 0. The van der Waals surface area contributed by atoms with Gasteiger partial charge in [-0.3, -0.25) is 14.2 Å². The molecule has 0 amide bonds. The lowest BCUT2D eigenvalue weighted by molar-refractivity contribution is 0.102. The molecule has 1 fully saturated rings. The fourth-order valence-corrected chi connectivity index (χ4v) is 4.65. The lowest BCUT2D eigenvalue weighted by atomic mass is 10.2. The van der Waals surface area contributed by atoms with Crippen LogP contribution < -0.4 is 5.56 Å². The quantitative estimate of drug-likeness (QED) is 0.321. The Kier molecular flexibility index (Phi) is 5.61. The number of carbonyl (C=O) groups excluding carboxylic acids is 1. The van der Waals surface area contributed by atoms with Crippen molar-refractivity contribution in [3.05, 3.63) is 57.6 Å². The monoisotopic (exact) mass is 411 g/mol. The van der Waals surface area contributed by atoms with Gasteiger partial charge >= 0.3 is 0 Å². The second-order valence-electron chi connectivity index (χ2n) is 7.46. The normalized spacial score (nSPS) is 13.9. The van der Waals surface area contributed by atoms with Crippen molar-refractivity contribution < 1.29 is 9.53 Å². The predicted molar refractivity (Wildman–Crippen MR) is 115 cm³/mol. The van der Waals surface area contributed by atoms with Crippen molar-refractivity contribution in [2.45, 2.75) is 44.4 Å². The van der Waals surface area contributed by atoms with Crippen LogP contribution in [0.25, 0.3) is 10.9 Å². The second kappa shape index (κ2) is 8.16. The van der Waals surface area contributed by atoms with Crippen LogP contribution in [-0.4, -0.2) is 39.4 Å². The maximum Gasteiger partial charge on any atom is 0.262 e. The highest BCUT2D eigenvalue weighted by Crippen LogP contribution is 2.37. The average molecular weight is 412 g/mol. The summed E-state index contributed by atoms with van der Waals surface area (Å²) in [5.41, 5.74) is 3.41. The van der Waals surface area contributed by atoms with Crippen molar-refractivity contribution in [1.82, 2.24) is 14.1 Å². The van der Waals surface area contributed by atoms with Crippen LogP contribution in [-0.2, 0) is 11.3 Å². The molecule has 1 aliphatic rings. The Morgan fingerprint density at radius 3 is 2.76 bits per heavy atom. The van der Waals surface area contributed by atoms with Gasteiger partial charge in [-0.15, -0.1) is 0 Å². The summed E-state index contributed by atoms with van der Waals surface area (Å²) < 4.78 is 9.05. The van der Waals surface area contributed by atoms with Gasteiger partial charge in [0, 0.05) is 36.6 Å². The van der Waals surface area contributed by atoms with Gasteiger partial charge in [0.25, 0.3) is 5.56 Å². The summed E-state index contributed by atoms with van der Waals surface area (Å²) in [6.45, 7) is 5.30. The van der Waals surface area contributed by atoms with Crippen molar-refractivity contribution in [3.63, 3.8) is 0 Å². The van der Waals surface area contributed by atoms with Gasteiger partial charge in [0.05, 0.1) is 23.3 Å². The van der Waals surface area contributed by atoms with E-state index in [1.54, 1.807) is 11.7 Å². The number of hydrogen-bond acceptors (Lipinski definition) is 5. The molecule has 0 saturated heterocycles. The second-order valence-corrected chi connectivity index (χ2v) is 8.40. The SMILES string of the molecule is COCCn1c(C)cc(C(=O)CSc2nc3ccccc3c(=O)n2C2CC2)c1C. The van der Waals surface area contributed by atoms with Crippen molar-refractivity contribution in [3.8, 4) is 0 Å². The number of aromatic nitrogens is 3. The third kappa shape index (κ3) is 3.89. The van der Waals surface area contributed by atoms with Crippen LogP contribution in [0.1, 0.15) is 40.6 Å². The first kappa shape index (κ1) is 19.9. The summed E-state index contributed by atoms with van der Waals surface area (Å²) in [6.07, 6.45) is 1.98. The van der Waals surface area contributed by atoms with Gasteiger partial charge < -0.3 is 9.30 Å². The van der Waals surface area contributed by atoms with Gasteiger partial charge in [-0.1, -0.05) is 23.9 Å². The minimum Gasteiger partial charge on any atom is -0.383 e. The molecule has 2 aromatic heterocycles. The summed E-state index contributed by atoms with van der Waals surface area (Å²) in [5, 5.41) is 1.27. The smallest absolute Gasteiger partial charge is 0.262 e. The molecule has 4 rings (SSSR count). The van der Waals surface area contributed by atoms with E-state index in [1.165, 1.54) is 11.8 Å². The number of ketones is 1. The van der Waals surface area contributed by atoms with Crippen LogP contribution in [0.2, 0.25) is 0 Å². The average Bonchev–Trinajstić information content (AvgIpc) is 3.51. The maximum absolute atomic E-state index is 13.0. The molecule has 29 heavy (non-hydrogen) atoms. The number of fused-ring (bicyclic) bond motifs is 1. The van der Waals surface area contributed by atoms with Crippen molar-refractivity contribution in [2.24, 2.45) is 0 Å². The van der Waals surface area contributed by atoms with Crippen LogP contribution in [0.15, 0.2) is 40.3 Å². The Hall–Kier alpha value is -2.38. The molecule has 1 aliphatic carbocycles. The van der Waals surface area contributed by atoms with Crippen LogP contribution in [0.4, 0.5) is 0 Å². The molecular formula is C22H25N3O3S. The van der Waals surface area contributed by atoms with Crippen LogP contribution in [0.5, 0.6) is 0 Å². The predicted octanol–water partition coefficient (Wildman–Crippen LogP) is 3.77. The van der Waals surface area contributed by atoms with Crippen LogP contribution in [0, 0.1) is 13.8 Å². The number of para-hydroxylation sites is 1. The first-order valence-electron chi connectivity index (χ1n) is 9.84.